The van der Waals surface area contributed by atoms with Crippen molar-refractivity contribution in [1.29, 1.82) is 0 Å². The van der Waals surface area contributed by atoms with Crippen LogP contribution < -0.4 is 5.32 Å². The lowest BCUT2D eigenvalue weighted by Crippen LogP contribution is -2.16. The minimum absolute atomic E-state index is 0.0447. The van der Waals surface area contributed by atoms with Gasteiger partial charge in [-0.1, -0.05) is 17.7 Å². The molecule has 3 heterocycles. The van der Waals surface area contributed by atoms with Gasteiger partial charge in [-0.2, -0.15) is 0 Å². The Balaban J connectivity index is 1.99. The summed E-state index contributed by atoms with van der Waals surface area (Å²) >= 11 is 7.82. The van der Waals surface area contributed by atoms with Crippen molar-refractivity contribution in [3.63, 3.8) is 0 Å². The van der Waals surface area contributed by atoms with Crippen LogP contribution in [-0.2, 0) is 7.05 Å². The second-order valence-corrected chi connectivity index (χ2v) is 5.67. The summed E-state index contributed by atoms with van der Waals surface area (Å²) in [4.78, 5) is 9.72. The van der Waals surface area contributed by atoms with Crippen molar-refractivity contribution >= 4 is 28.6 Å². The quantitative estimate of drug-likeness (QED) is 0.747. The van der Waals surface area contributed by atoms with Gasteiger partial charge in [-0.15, -0.1) is 11.3 Å². The number of hydrogen-bond donors (Lipinski definition) is 1. The first-order chi connectivity index (χ1) is 9.75. The van der Waals surface area contributed by atoms with Gasteiger partial charge in [0.2, 0.25) is 0 Å². The van der Waals surface area contributed by atoms with E-state index < -0.39 is 0 Å². The van der Waals surface area contributed by atoms with E-state index >= 15 is 0 Å². The molecule has 1 unspecified atom stereocenters. The van der Waals surface area contributed by atoms with E-state index in [2.05, 4.69) is 26.7 Å². The van der Waals surface area contributed by atoms with Gasteiger partial charge < -0.3 is 9.88 Å². The molecule has 4 nitrogen and oxygen atoms in total. The number of rotatable bonds is 4. The number of pyridine rings is 1. The first-order valence-corrected chi connectivity index (χ1v) is 7.39. The van der Waals surface area contributed by atoms with E-state index in [-0.39, 0.29) is 6.04 Å². The molecule has 0 spiro atoms. The largest absolute Gasteiger partial charge is 0.368 e. The number of nitrogens with one attached hydrogen (secondary N) is 1. The van der Waals surface area contributed by atoms with Crippen LogP contribution in [-0.4, -0.2) is 14.5 Å². The second kappa shape index (κ2) is 5.64. The predicted molar refractivity (Wildman–Crippen MR) is 82.2 cm³/mol. The number of imidazole rings is 1. The Morgan fingerprint density at radius 1 is 1.25 bits per heavy atom. The fourth-order valence-corrected chi connectivity index (χ4v) is 2.97. The highest BCUT2D eigenvalue weighted by atomic mass is 35.5. The first kappa shape index (κ1) is 13.1. The van der Waals surface area contributed by atoms with Crippen molar-refractivity contribution in [2.24, 2.45) is 7.05 Å². The molecule has 0 aliphatic carbocycles. The fraction of sp³-hybridized carbons (Fsp3) is 0.143. The van der Waals surface area contributed by atoms with E-state index in [1.165, 1.54) is 4.88 Å². The van der Waals surface area contributed by atoms with E-state index in [4.69, 9.17) is 11.6 Å². The van der Waals surface area contributed by atoms with Crippen molar-refractivity contribution < 1.29 is 0 Å². The average molecular weight is 305 g/mol. The van der Waals surface area contributed by atoms with Crippen molar-refractivity contribution in [2.75, 3.05) is 5.32 Å². The zero-order valence-corrected chi connectivity index (χ0v) is 12.4. The summed E-state index contributed by atoms with van der Waals surface area (Å²) in [6.45, 7) is 0. The summed E-state index contributed by atoms with van der Waals surface area (Å²) in [7, 11) is 1.98. The molecular weight excluding hydrogens is 292 g/mol. The Kier molecular flexibility index (Phi) is 3.71. The Bertz CT molecular complexity index is 693. The third-order valence-corrected chi connectivity index (χ3v) is 4.24. The van der Waals surface area contributed by atoms with Crippen LogP contribution in [0.2, 0.25) is 5.15 Å². The van der Waals surface area contributed by atoms with E-state index in [0.717, 1.165) is 11.5 Å². The SMILES string of the molecule is Cn1ccnc1C(Nc1cccnc1Cl)c1cccs1. The number of aromatic nitrogens is 3. The average Bonchev–Trinajstić information content (AvgIpc) is 3.10. The van der Waals surface area contributed by atoms with Gasteiger partial charge in [-0.05, 0) is 23.6 Å². The standard InChI is InChI=1S/C14H13ClN4S/c1-19-8-7-17-14(19)12(11-5-3-9-20-11)18-10-4-2-6-16-13(10)15/h2-9,12,18H,1H3. The van der Waals surface area contributed by atoms with Crippen molar-refractivity contribution in [1.82, 2.24) is 14.5 Å². The lowest BCUT2D eigenvalue weighted by Gasteiger charge is -2.19. The summed E-state index contributed by atoms with van der Waals surface area (Å²) in [6.07, 6.45) is 5.40. The minimum Gasteiger partial charge on any atom is -0.368 e. The maximum Gasteiger partial charge on any atom is 0.152 e. The van der Waals surface area contributed by atoms with E-state index in [1.54, 1.807) is 23.7 Å². The molecule has 0 bridgehead atoms. The fourth-order valence-electron chi connectivity index (χ4n) is 2.02. The molecule has 0 aromatic carbocycles. The van der Waals surface area contributed by atoms with Crippen molar-refractivity contribution in [3.05, 3.63) is 64.1 Å². The summed E-state index contributed by atoms with van der Waals surface area (Å²) in [5, 5.41) is 5.94. The zero-order valence-electron chi connectivity index (χ0n) is 10.8. The molecule has 102 valence electrons. The highest BCUT2D eigenvalue weighted by molar-refractivity contribution is 7.10. The number of halogens is 1. The lowest BCUT2D eigenvalue weighted by atomic mass is 10.2. The molecule has 3 aromatic heterocycles. The van der Waals surface area contributed by atoms with Crippen LogP contribution in [0.1, 0.15) is 16.7 Å². The highest BCUT2D eigenvalue weighted by Crippen LogP contribution is 2.30. The Morgan fingerprint density at radius 3 is 2.80 bits per heavy atom. The molecule has 6 heteroatoms. The number of thiophene rings is 1. The summed E-state index contributed by atoms with van der Waals surface area (Å²) in [5.41, 5.74) is 0.801. The molecule has 0 saturated heterocycles. The number of anilines is 1. The monoisotopic (exact) mass is 304 g/mol. The third kappa shape index (κ3) is 2.55. The van der Waals surface area contributed by atoms with Gasteiger partial charge in [0.05, 0.1) is 5.69 Å². The molecule has 0 radical (unpaired) electrons. The van der Waals surface area contributed by atoms with Gasteiger partial charge in [0.15, 0.2) is 5.15 Å². The van der Waals surface area contributed by atoms with E-state index in [1.807, 2.05) is 36.0 Å². The van der Waals surface area contributed by atoms with Crippen LogP contribution in [0.4, 0.5) is 5.69 Å². The molecular formula is C14H13ClN4S. The first-order valence-electron chi connectivity index (χ1n) is 6.13. The van der Waals surface area contributed by atoms with Crippen LogP contribution in [0.5, 0.6) is 0 Å². The number of nitrogens with zero attached hydrogens (tertiary/aromatic N) is 3. The van der Waals surface area contributed by atoms with Gasteiger partial charge in [-0.25, -0.2) is 9.97 Å². The molecule has 0 aliphatic rings. The van der Waals surface area contributed by atoms with Gasteiger partial charge in [-0.3, -0.25) is 0 Å². The molecule has 20 heavy (non-hydrogen) atoms. The summed E-state index contributed by atoms with van der Waals surface area (Å²) in [5.74, 6) is 0.937. The number of aryl methyl sites for hydroxylation is 1. The highest BCUT2D eigenvalue weighted by Gasteiger charge is 2.20. The van der Waals surface area contributed by atoms with Crippen molar-refractivity contribution in [3.8, 4) is 0 Å². The van der Waals surface area contributed by atoms with Gasteiger partial charge >= 0.3 is 0 Å². The second-order valence-electron chi connectivity index (χ2n) is 4.33. The van der Waals surface area contributed by atoms with Gasteiger partial charge in [0.25, 0.3) is 0 Å². The van der Waals surface area contributed by atoms with Gasteiger partial charge in [0, 0.05) is 30.5 Å². The predicted octanol–water partition coefficient (Wildman–Crippen LogP) is 3.73. The maximum absolute atomic E-state index is 6.13. The molecule has 0 amide bonds. The maximum atomic E-state index is 6.13. The molecule has 0 fully saturated rings. The molecule has 0 aliphatic heterocycles. The zero-order chi connectivity index (χ0) is 13.9. The Morgan fingerprint density at radius 2 is 2.15 bits per heavy atom. The normalized spacial score (nSPS) is 12.3. The smallest absolute Gasteiger partial charge is 0.152 e. The summed E-state index contributed by atoms with van der Waals surface area (Å²) < 4.78 is 2.00. The van der Waals surface area contributed by atoms with Gasteiger partial charge in [0.1, 0.15) is 11.9 Å². The third-order valence-electron chi connectivity index (χ3n) is 3.00. The molecule has 0 saturated carbocycles. The van der Waals surface area contributed by atoms with Crippen molar-refractivity contribution in [2.45, 2.75) is 6.04 Å². The molecule has 3 aromatic rings. The topological polar surface area (TPSA) is 42.7 Å². The minimum atomic E-state index is -0.0447. The van der Waals surface area contributed by atoms with Crippen LogP contribution >= 0.6 is 22.9 Å². The van der Waals surface area contributed by atoms with Crippen LogP contribution in [0.3, 0.4) is 0 Å². The Labute approximate surface area is 126 Å². The Hall–Kier alpha value is -1.85. The summed E-state index contributed by atoms with van der Waals surface area (Å²) in [6, 6.07) is 7.84. The van der Waals surface area contributed by atoms with E-state index in [0.29, 0.717) is 5.15 Å². The van der Waals surface area contributed by atoms with Crippen LogP contribution in [0, 0.1) is 0 Å². The number of hydrogen-bond acceptors (Lipinski definition) is 4. The molecule has 1 N–H and O–H groups in total. The molecule has 3 rings (SSSR count). The van der Waals surface area contributed by atoms with Crippen LogP contribution in [0.25, 0.3) is 0 Å². The van der Waals surface area contributed by atoms with Crippen LogP contribution in [0.15, 0.2) is 48.2 Å². The lowest BCUT2D eigenvalue weighted by molar-refractivity contribution is 0.756. The van der Waals surface area contributed by atoms with E-state index in [9.17, 15) is 0 Å². The molecule has 1 atom stereocenters.